The van der Waals surface area contributed by atoms with Crippen LogP contribution in [0.1, 0.15) is 32.6 Å². The number of primary sulfonamides is 1. The van der Waals surface area contributed by atoms with Gasteiger partial charge in [-0.05, 0) is 32.7 Å². The number of sulfonamides is 1. The molecule has 0 aliphatic heterocycles. The zero-order chi connectivity index (χ0) is 13.5. The molecule has 1 unspecified atom stereocenters. The minimum absolute atomic E-state index is 0.0576. The molecule has 0 fully saturated rings. The Morgan fingerprint density at radius 1 is 1.29 bits per heavy atom. The van der Waals surface area contributed by atoms with E-state index in [-0.39, 0.29) is 18.2 Å². The first-order chi connectivity index (χ1) is 7.60. The third-order valence-electron chi connectivity index (χ3n) is 2.20. The molecular weight excluding hydrogens is 257 g/mol. The van der Waals surface area contributed by atoms with Crippen molar-refractivity contribution in [1.29, 1.82) is 0 Å². The fraction of sp³-hybridized carbons (Fsp3) is 1.00. The molecule has 0 spiro atoms. The van der Waals surface area contributed by atoms with Crippen LogP contribution in [0, 0.1) is 0 Å². The predicted octanol–water partition coefficient (Wildman–Crippen LogP) is 1.38. The van der Waals surface area contributed by atoms with E-state index >= 15 is 0 Å². The van der Waals surface area contributed by atoms with Crippen molar-refractivity contribution < 1.29 is 21.6 Å². The summed E-state index contributed by atoms with van der Waals surface area (Å²) in [6.07, 6.45) is -4.03. The van der Waals surface area contributed by atoms with Crippen molar-refractivity contribution in [2.24, 2.45) is 5.14 Å². The molecule has 0 aromatic heterocycles. The monoisotopic (exact) mass is 276 g/mol. The summed E-state index contributed by atoms with van der Waals surface area (Å²) in [5.74, 6) is -0.116. The van der Waals surface area contributed by atoms with Gasteiger partial charge in [0.15, 0.2) is 0 Å². The highest BCUT2D eigenvalue weighted by Gasteiger charge is 2.26. The molecule has 0 saturated heterocycles. The second-order valence-corrected chi connectivity index (χ2v) is 5.82. The molecule has 17 heavy (non-hydrogen) atoms. The summed E-state index contributed by atoms with van der Waals surface area (Å²) in [6.45, 7) is 2.21. The van der Waals surface area contributed by atoms with E-state index in [0.29, 0.717) is 19.4 Å². The van der Waals surface area contributed by atoms with Gasteiger partial charge in [0.05, 0.1) is 5.75 Å². The number of hydrogen-bond acceptors (Lipinski definition) is 3. The van der Waals surface area contributed by atoms with Gasteiger partial charge in [0.2, 0.25) is 10.0 Å². The van der Waals surface area contributed by atoms with E-state index in [2.05, 4.69) is 5.32 Å². The molecule has 0 radical (unpaired) electrons. The number of hydrogen-bond donors (Lipinski definition) is 2. The van der Waals surface area contributed by atoms with Gasteiger partial charge in [-0.3, -0.25) is 0 Å². The topological polar surface area (TPSA) is 72.2 Å². The summed E-state index contributed by atoms with van der Waals surface area (Å²) in [5.41, 5.74) is 0. The summed E-state index contributed by atoms with van der Waals surface area (Å²) in [7, 11) is -3.45. The molecular formula is C9H19F3N2O2S. The van der Waals surface area contributed by atoms with Crippen molar-refractivity contribution in [2.75, 3.05) is 12.3 Å². The lowest BCUT2D eigenvalue weighted by Gasteiger charge is -2.14. The van der Waals surface area contributed by atoms with Crippen LogP contribution in [-0.4, -0.2) is 32.9 Å². The Morgan fingerprint density at radius 2 is 1.88 bits per heavy atom. The Labute approximate surface area is 99.8 Å². The lowest BCUT2D eigenvalue weighted by Crippen LogP contribution is -2.29. The number of halogens is 3. The molecule has 0 bridgehead atoms. The van der Waals surface area contributed by atoms with Crippen LogP contribution in [0.5, 0.6) is 0 Å². The van der Waals surface area contributed by atoms with Crippen molar-refractivity contribution in [3.63, 3.8) is 0 Å². The van der Waals surface area contributed by atoms with Crippen LogP contribution < -0.4 is 10.5 Å². The minimum atomic E-state index is -4.10. The normalized spacial score (nSPS) is 14.9. The number of rotatable bonds is 8. The summed E-state index contributed by atoms with van der Waals surface area (Å²) < 4.78 is 56.7. The van der Waals surface area contributed by atoms with E-state index in [1.54, 1.807) is 6.92 Å². The quantitative estimate of drug-likeness (QED) is 0.658. The highest BCUT2D eigenvalue weighted by atomic mass is 32.2. The van der Waals surface area contributed by atoms with E-state index in [4.69, 9.17) is 5.14 Å². The van der Waals surface area contributed by atoms with Gasteiger partial charge in [-0.2, -0.15) is 13.2 Å². The highest BCUT2D eigenvalue weighted by molar-refractivity contribution is 7.89. The molecule has 0 amide bonds. The summed E-state index contributed by atoms with van der Waals surface area (Å²) in [6, 6.07) is -0.0576. The molecule has 0 heterocycles. The molecule has 3 N–H and O–H groups in total. The largest absolute Gasteiger partial charge is 0.389 e. The number of nitrogens with two attached hydrogens (primary N) is 1. The molecule has 0 aliphatic rings. The van der Waals surface area contributed by atoms with Gasteiger partial charge in [0.25, 0.3) is 0 Å². The van der Waals surface area contributed by atoms with Crippen LogP contribution >= 0.6 is 0 Å². The first-order valence-electron chi connectivity index (χ1n) is 5.41. The molecule has 8 heteroatoms. The van der Waals surface area contributed by atoms with Crippen LogP contribution in [0.2, 0.25) is 0 Å². The molecule has 0 aromatic carbocycles. The van der Waals surface area contributed by atoms with Gasteiger partial charge in [-0.1, -0.05) is 0 Å². The van der Waals surface area contributed by atoms with Crippen molar-refractivity contribution in [1.82, 2.24) is 5.32 Å². The molecule has 0 aliphatic carbocycles. The predicted molar refractivity (Wildman–Crippen MR) is 60.0 cm³/mol. The van der Waals surface area contributed by atoms with Gasteiger partial charge in [0, 0.05) is 12.5 Å². The van der Waals surface area contributed by atoms with Gasteiger partial charge in [0.1, 0.15) is 0 Å². The molecule has 1 atom stereocenters. The Bertz CT molecular complexity index is 304. The van der Waals surface area contributed by atoms with Crippen LogP contribution in [0.25, 0.3) is 0 Å². The maximum atomic E-state index is 11.8. The van der Waals surface area contributed by atoms with Crippen LogP contribution in [-0.2, 0) is 10.0 Å². The lowest BCUT2D eigenvalue weighted by molar-refractivity contribution is -0.135. The standard InChI is InChI=1S/C9H19F3N2O2S/c1-8(4-2-5-9(10,11)12)14-6-3-7-17(13,15)16/h8,14H,2-7H2,1H3,(H2,13,15,16). The van der Waals surface area contributed by atoms with Gasteiger partial charge >= 0.3 is 6.18 Å². The van der Waals surface area contributed by atoms with Crippen molar-refractivity contribution in [3.05, 3.63) is 0 Å². The molecule has 0 rings (SSSR count). The van der Waals surface area contributed by atoms with E-state index in [0.717, 1.165) is 0 Å². The third kappa shape index (κ3) is 13.6. The lowest BCUT2D eigenvalue weighted by atomic mass is 10.1. The zero-order valence-electron chi connectivity index (χ0n) is 9.76. The Morgan fingerprint density at radius 3 is 2.35 bits per heavy atom. The van der Waals surface area contributed by atoms with E-state index in [1.807, 2.05) is 0 Å². The second-order valence-electron chi connectivity index (χ2n) is 4.08. The Hall–Kier alpha value is -0.340. The van der Waals surface area contributed by atoms with E-state index < -0.39 is 22.6 Å². The molecule has 0 saturated carbocycles. The summed E-state index contributed by atoms with van der Waals surface area (Å²) in [4.78, 5) is 0. The fourth-order valence-corrected chi connectivity index (χ4v) is 1.88. The Balaban J connectivity index is 3.51. The number of nitrogens with one attached hydrogen (secondary N) is 1. The second kappa shape index (κ2) is 7.17. The molecule has 104 valence electrons. The summed E-state index contributed by atoms with van der Waals surface area (Å²) >= 11 is 0. The highest BCUT2D eigenvalue weighted by Crippen LogP contribution is 2.22. The van der Waals surface area contributed by atoms with Crippen molar-refractivity contribution >= 4 is 10.0 Å². The Kier molecular flexibility index (Phi) is 7.03. The van der Waals surface area contributed by atoms with Crippen LogP contribution in [0.15, 0.2) is 0 Å². The summed E-state index contributed by atoms with van der Waals surface area (Å²) in [5, 5.41) is 7.75. The van der Waals surface area contributed by atoms with Gasteiger partial charge < -0.3 is 5.32 Å². The average Bonchev–Trinajstić information content (AvgIpc) is 2.09. The van der Waals surface area contributed by atoms with Gasteiger partial charge in [-0.15, -0.1) is 0 Å². The maximum Gasteiger partial charge on any atom is 0.389 e. The van der Waals surface area contributed by atoms with Gasteiger partial charge in [-0.25, -0.2) is 13.6 Å². The number of alkyl halides is 3. The smallest absolute Gasteiger partial charge is 0.314 e. The zero-order valence-corrected chi connectivity index (χ0v) is 10.6. The minimum Gasteiger partial charge on any atom is -0.314 e. The van der Waals surface area contributed by atoms with Crippen LogP contribution in [0.3, 0.4) is 0 Å². The average molecular weight is 276 g/mol. The molecule has 4 nitrogen and oxygen atoms in total. The van der Waals surface area contributed by atoms with Crippen LogP contribution in [0.4, 0.5) is 13.2 Å². The third-order valence-corrected chi connectivity index (χ3v) is 3.05. The SMILES string of the molecule is CC(CCCC(F)(F)F)NCCCS(N)(=O)=O. The van der Waals surface area contributed by atoms with Crippen molar-refractivity contribution in [3.8, 4) is 0 Å². The van der Waals surface area contributed by atoms with E-state index in [9.17, 15) is 21.6 Å². The maximum absolute atomic E-state index is 11.8. The van der Waals surface area contributed by atoms with Crippen molar-refractivity contribution in [2.45, 2.75) is 44.8 Å². The first kappa shape index (κ1) is 16.7. The van der Waals surface area contributed by atoms with E-state index in [1.165, 1.54) is 0 Å². The molecule has 0 aromatic rings. The first-order valence-corrected chi connectivity index (χ1v) is 7.12. The fourth-order valence-electron chi connectivity index (χ4n) is 1.33.